The van der Waals surface area contributed by atoms with Gasteiger partial charge in [-0.05, 0) is 43.9 Å². The average molecular weight is 302 g/mol. The molecule has 4 unspecified atom stereocenters. The highest BCUT2D eigenvalue weighted by molar-refractivity contribution is 7.87. The largest absolute Gasteiger partial charge is 0.396 e. The molecule has 20 heavy (non-hydrogen) atoms. The summed E-state index contributed by atoms with van der Waals surface area (Å²) in [6, 6.07) is -0.0491. The third-order valence-corrected chi connectivity index (χ3v) is 7.10. The maximum Gasteiger partial charge on any atom is 0.279 e. The molecule has 116 valence electrons. The zero-order valence-corrected chi connectivity index (χ0v) is 12.8. The average Bonchev–Trinajstić information content (AvgIpc) is 2.88. The summed E-state index contributed by atoms with van der Waals surface area (Å²) in [5, 5.41) is 9.56. The zero-order chi connectivity index (χ0) is 14.2. The molecule has 2 bridgehead atoms. The van der Waals surface area contributed by atoms with Crippen molar-refractivity contribution in [2.45, 2.75) is 51.0 Å². The third kappa shape index (κ3) is 2.75. The molecule has 0 amide bonds. The lowest BCUT2D eigenvalue weighted by Gasteiger charge is -2.32. The van der Waals surface area contributed by atoms with Crippen LogP contribution in [-0.2, 0) is 10.2 Å². The molecule has 1 aliphatic heterocycles. The molecule has 2 saturated carbocycles. The highest BCUT2D eigenvalue weighted by Crippen LogP contribution is 2.48. The minimum Gasteiger partial charge on any atom is -0.396 e. The van der Waals surface area contributed by atoms with Crippen LogP contribution in [-0.4, -0.2) is 43.6 Å². The second-order valence-electron chi connectivity index (χ2n) is 6.64. The molecule has 6 heteroatoms. The first-order valence-corrected chi connectivity index (χ1v) is 9.44. The van der Waals surface area contributed by atoms with Gasteiger partial charge in [0.05, 0.1) is 0 Å². The minimum atomic E-state index is -3.38. The Balaban J connectivity index is 1.69. The molecule has 0 aromatic carbocycles. The number of hydrogen-bond donors (Lipinski definition) is 2. The van der Waals surface area contributed by atoms with Crippen LogP contribution in [0.5, 0.6) is 0 Å². The SMILES string of the molecule is O=S(=O)(NC1C2CCC(C2)C1CO)N1CCCCCC1. The smallest absolute Gasteiger partial charge is 0.279 e. The first kappa shape index (κ1) is 14.8. The van der Waals surface area contributed by atoms with Gasteiger partial charge < -0.3 is 5.11 Å². The lowest BCUT2D eigenvalue weighted by atomic mass is 9.86. The van der Waals surface area contributed by atoms with Gasteiger partial charge in [-0.15, -0.1) is 0 Å². The van der Waals surface area contributed by atoms with Gasteiger partial charge in [-0.3, -0.25) is 0 Å². The van der Waals surface area contributed by atoms with Gasteiger partial charge >= 0.3 is 0 Å². The molecule has 0 aromatic rings. The molecular formula is C14H26N2O3S. The standard InChI is InChI=1S/C14H26N2O3S/c17-10-13-11-5-6-12(9-11)14(13)15-20(18,19)16-7-3-1-2-4-8-16/h11-15,17H,1-10H2. The van der Waals surface area contributed by atoms with Crippen LogP contribution in [0.2, 0.25) is 0 Å². The number of hydrogen-bond acceptors (Lipinski definition) is 3. The number of nitrogens with one attached hydrogen (secondary N) is 1. The van der Waals surface area contributed by atoms with E-state index in [0.717, 1.165) is 44.9 Å². The fourth-order valence-electron chi connectivity index (χ4n) is 4.39. The number of fused-ring (bicyclic) bond motifs is 2. The van der Waals surface area contributed by atoms with Crippen molar-refractivity contribution < 1.29 is 13.5 Å². The monoisotopic (exact) mass is 302 g/mol. The van der Waals surface area contributed by atoms with E-state index in [1.807, 2.05) is 0 Å². The summed E-state index contributed by atoms with van der Waals surface area (Å²) in [5.74, 6) is 1.07. The molecule has 5 nitrogen and oxygen atoms in total. The molecule has 3 fully saturated rings. The Bertz CT molecular complexity index is 432. The summed E-state index contributed by atoms with van der Waals surface area (Å²) >= 11 is 0. The summed E-state index contributed by atoms with van der Waals surface area (Å²) in [6.45, 7) is 1.38. The second kappa shape index (κ2) is 5.91. The number of aliphatic hydroxyl groups is 1. The Hall–Kier alpha value is -0.170. The van der Waals surface area contributed by atoms with Crippen LogP contribution in [0.4, 0.5) is 0 Å². The van der Waals surface area contributed by atoms with E-state index in [-0.39, 0.29) is 18.6 Å². The number of nitrogens with zero attached hydrogens (tertiary/aromatic N) is 1. The van der Waals surface area contributed by atoms with E-state index in [1.54, 1.807) is 4.31 Å². The second-order valence-corrected chi connectivity index (χ2v) is 8.34. The van der Waals surface area contributed by atoms with E-state index >= 15 is 0 Å². The van der Waals surface area contributed by atoms with Crippen molar-refractivity contribution in [2.24, 2.45) is 17.8 Å². The van der Waals surface area contributed by atoms with E-state index in [0.29, 0.717) is 24.9 Å². The highest BCUT2D eigenvalue weighted by Gasteiger charge is 2.48. The molecule has 4 atom stereocenters. The van der Waals surface area contributed by atoms with E-state index in [1.165, 1.54) is 0 Å². The Labute approximate surface area is 121 Å². The van der Waals surface area contributed by atoms with Crippen LogP contribution in [0.3, 0.4) is 0 Å². The first-order valence-electron chi connectivity index (χ1n) is 8.00. The topological polar surface area (TPSA) is 69.6 Å². The molecule has 3 rings (SSSR count). The summed E-state index contributed by atoms with van der Waals surface area (Å²) in [5.41, 5.74) is 0. The molecular weight excluding hydrogens is 276 g/mol. The lowest BCUT2D eigenvalue weighted by Crippen LogP contribution is -2.51. The highest BCUT2D eigenvalue weighted by atomic mass is 32.2. The van der Waals surface area contributed by atoms with E-state index in [2.05, 4.69) is 4.72 Å². The molecule has 2 aliphatic carbocycles. The van der Waals surface area contributed by atoms with Crippen LogP contribution in [0.1, 0.15) is 44.9 Å². The van der Waals surface area contributed by atoms with E-state index in [9.17, 15) is 13.5 Å². The van der Waals surface area contributed by atoms with Crippen LogP contribution < -0.4 is 4.72 Å². The van der Waals surface area contributed by atoms with Crippen molar-refractivity contribution in [2.75, 3.05) is 19.7 Å². The molecule has 0 spiro atoms. The molecule has 3 aliphatic rings. The quantitative estimate of drug-likeness (QED) is 0.817. The molecule has 0 aromatic heterocycles. The van der Waals surface area contributed by atoms with Crippen molar-refractivity contribution in [3.05, 3.63) is 0 Å². The molecule has 2 N–H and O–H groups in total. The van der Waals surface area contributed by atoms with E-state index in [4.69, 9.17) is 0 Å². The Morgan fingerprint density at radius 2 is 1.70 bits per heavy atom. The normalized spacial score (nSPS) is 39.0. The fourth-order valence-corrected chi connectivity index (χ4v) is 5.98. The Kier molecular flexibility index (Phi) is 4.36. The van der Waals surface area contributed by atoms with Gasteiger partial charge in [0.15, 0.2) is 0 Å². The maximum atomic E-state index is 12.6. The van der Waals surface area contributed by atoms with Gasteiger partial charge in [-0.2, -0.15) is 17.4 Å². The summed E-state index contributed by atoms with van der Waals surface area (Å²) < 4.78 is 29.7. The summed E-state index contributed by atoms with van der Waals surface area (Å²) in [4.78, 5) is 0. The third-order valence-electron chi connectivity index (χ3n) is 5.49. The Morgan fingerprint density at radius 3 is 2.35 bits per heavy atom. The van der Waals surface area contributed by atoms with Gasteiger partial charge in [0, 0.05) is 31.7 Å². The van der Waals surface area contributed by atoms with Gasteiger partial charge in [0.2, 0.25) is 0 Å². The lowest BCUT2D eigenvalue weighted by molar-refractivity contribution is 0.152. The summed E-state index contributed by atoms with van der Waals surface area (Å²) in [6.07, 6.45) is 7.51. The minimum absolute atomic E-state index is 0.0491. The maximum absolute atomic E-state index is 12.6. The van der Waals surface area contributed by atoms with Crippen molar-refractivity contribution in [1.29, 1.82) is 0 Å². The van der Waals surface area contributed by atoms with Crippen molar-refractivity contribution >= 4 is 10.2 Å². The van der Waals surface area contributed by atoms with Gasteiger partial charge in [0.25, 0.3) is 10.2 Å². The van der Waals surface area contributed by atoms with Crippen LogP contribution in [0, 0.1) is 17.8 Å². The number of rotatable bonds is 4. The molecule has 1 saturated heterocycles. The van der Waals surface area contributed by atoms with Crippen LogP contribution in [0.15, 0.2) is 0 Å². The molecule has 0 radical (unpaired) electrons. The van der Waals surface area contributed by atoms with Gasteiger partial charge in [-0.1, -0.05) is 12.8 Å². The fraction of sp³-hybridized carbons (Fsp3) is 1.00. The zero-order valence-electron chi connectivity index (χ0n) is 12.0. The molecule has 1 heterocycles. The van der Waals surface area contributed by atoms with Crippen molar-refractivity contribution in [1.82, 2.24) is 9.03 Å². The first-order chi connectivity index (χ1) is 9.62. The van der Waals surface area contributed by atoms with Crippen molar-refractivity contribution in [3.8, 4) is 0 Å². The van der Waals surface area contributed by atoms with E-state index < -0.39 is 10.2 Å². The van der Waals surface area contributed by atoms with Gasteiger partial charge in [0.1, 0.15) is 0 Å². The van der Waals surface area contributed by atoms with Crippen LogP contribution >= 0.6 is 0 Å². The predicted octanol–water partition coefficient (Wildman–Crippen LogP) is 1.10. The van der Waals surface area contributed by atoms with Gasteiger partial charge in [-0.25, -0.2) is 0 Å². The Morgan fingerprint density at radius 1 is 1.05 bits per heavy atom. The van der Waals surface area contributed by atoms with Crippen molar-refractivity contribution in [3.63, 3.8) is 0 Å². The predicted molar refractivity (Wildman–Crippen MR) is 77.3 cm³/mol. The number of aliphatic hydroxyl groups excluding tert-OH is 1. The summed E-state index contributed by atoms with van der Waals surface area (Å²) in [7, 11) is -3.38. The van der Waals surface area contributed by atoms with Crippen LogP contribution in [0.25, 0.3) is 0 Å².